The van der Waals surface area contributed by atoms with Crippen LogP contribution in [0.25, 0.3) is 0 Å². The standard InChI is InChI=1S/C9H16O/c1-3-9(10)6-4-8(2)5-7-9/h4,6,8,10H,3,5,7H2,1-2H3. The third-order valence-corrected chi connectivity index (χ3v) is 2.38. The van der Waals surface area contributed by atoms with Gasteiger partial charge in [-0.25, -0.2) is 0 Å². The molecule has 10 heavy (non-hydrogen) atoms. The minimum absolute atomic E-state index is 0.480. The molecule has 1 aliphatic rings. The van der Waals surface area contributed by atoms with E-state index in [1.165, 1.54) is 0 Å². The van der Waals surface area contributed by atoms with E-state index in [0.717, 1.165) is 19.3 Å². The van der Waals surface area contributed by atoms with Crippen molar-refractivity contribution in [2.24, 2.45) is 5.92 Å². The molecule has 0 heterocycles. The Bertz CT molecular complexity index is 140. The first-order valence-corrected chi connectivity index (χ1v) is 4.08. The zero-order valence-electron chi connectivity index (χ0n) is 6.80. The van der Waals surface area contributed by atoms with E-state index in [0.29, 0.717) is 5.92 Å². The lowest BCUT2D eigenvalue weighted by Gasteiger charge is -2.28. The molecule has 0 radical (unpaired) electrons. The Balaban J connectivity index is 2.59. The molecule has 0 spiro atoms. The van der Waals surface area contributed by atoms with Crippen molar-refractivity contribution in [2.75, 3.05) is 0 Å². The largest absolute Gasteiger partial charge is 0.386 e. The van der Waals surface area contributed by atoms with Crippen LogP contribution >= 0.6 is 0 Å². The topological polar surface area (TPSA) is 20.2 Å². The summed E-state index contributed by atoms with van der Waals surface area (Å²) in [4.78, 5) is 0. The summed E-state index contributed by atoms with van der Waals surface area (Å²) < 4.78 is 0. The molecule has 0 fully saturated rings. The van der Waals surface area contributed by atoms with Crippen molar-refractivity contribution >= 4 is 0 Å². The molecule has 1 aliphatic carbocycles. The molecule has 2 atom stereocenters. The number of hydrogen-bond acceptors (Lipinski definition) is 1. The van der Waals surface area contributed by atoms with E-state index in [4.69, 9.17) is 0 Å². The van der Waals surface area contributed by atoms with E-state index >= 15 is 0 Å². The summed E-state index contributed by atoms with van der Waals surface area (Å²) in [6.45, 7) is 4.21. The molecule has 0 saturated heterocycles. The third kappa shape index (κ3) is 1.60. The smallest absolute Gasteiger partial charge is 0.0825 e. The second kappa shape index (κ2) is 2.75. The van der Waals surface area contributed by atoms with Crippen LogP contribution in [0.4, 0.5) is 0 Å². The van der Waals surface area contributed by atoms with Gasteiger partial charge in [0.15, 0.2) is 0 Å². The average Bonchev–Trinajstić information content (AvgIpc) is 1.96. The van der Waals surface area contributed by atoms with Gasteiger partial charge in [-0.3, -0.25) is 0 Å². The fraction of sp³-hybridized carbons (Fsp3) is 0.778. The predicted octanol–water partition coefficient (Wildman–Crippen LogP) is 2.11. The Morgan fingerprint density at radius 2 is 2.40 bits per heavy atom. The third-order valence-electron chi connectivity index (χ3n) is 2.38. The normalized spacial score (nSPS) is 40.1. The van der Waals surface area contributed by atoms with Gasteiger partial charge in [0, 0.05) is 0 Å². The van der Waals surface area contributed by atoms with Gasteiger partial charge in [-0.05, 0) is 25.2 Å². The monoisotopic (exact) mass is 140 g/mol. The maximum absolute atomic E-state index is 9.71. The van der Waals surface area contributed by atoms with Crippen molar-refractivity contribution in [3.63, 3.8) is 0 Å². The Kier molecular flexibility index (Phi) is 2.14. The molecule has 1 N–H and O–H groups in total. The Labute approximate surface area is 62.8 Å². The molecular weight excluding hydrogens is 124 g/mol. The highest BCUT2D eigenvalue weighted by molar-refractivity contribution is 5.06. The van der Waals surface area contributed by atoms with Crippen LogP contribution in [0.2, 0.25) is 0 Å². The predicted molar refractivity (Wildman–Crippen MR) is 42.8 cm³/mol. The molecule has 0 aromatic heterocycles. The van der Waals surface area contributed by atoms with Crippen LogP contribution in [0.3, 0.4) is 0 Å². The van der Waals surface area contributed by atoms with Gasteiger partial charge in [-0.15, -0.1) is 0 Å². The highest BCUT2D eigenvalue weighted by Gasteiger charge is 2.24. The van der Waals surface area contributed by atoms with Crippen molar-refractivity contribution in [3.05, 3.63) is 12.2 Å². The fourth-order valence-electron chi connectivity index (χ4n) is 1.30. The minimum Gasteiger partial charge on any atom is -0.386 e. The molecule has 0 saturated carbocycles. The molecule has 0 amide bonds. The molecule has 1 heteroatoms. The van der Waals surface area contributed by atoms with E-state index < -0.39 is 5.60 Å². The number of aliphatic hydroxyl groups is 1. The summed E-state index contributed by atoms with van der Waals surface area (Å²) in [5, 5.41) is 9.71. The molecule has 0 aromatic carbocycles. The second-order valence-electron chi connectivity index (χ2n) is 3.33. The Morgan fingerprint density at radius 1 is 1.70 bits per heavy atom. The van der Waals surface area contributed by atoms with E-state index in [-0.39, 0.29) is 0 Å². The van der Waals surface area contributed by atoms with E-state index in [9.17, 15) is 5.11 Å². The van der Waals surface area contributed by atoms with Crippen LogP contribution in [0.15, 0.2) is 12.2 Å². The lowest BCUT2D eigenvalue weighted by molar-refractivity contribution is 0.0658. The second-order valence-corrected chi connectivity index (χ2v) is 3.33. The Morgan fingerprint density at radius 3 is 2.80 bits per heavy atom. The van der Waals surface area contributed by atoms with Crippen LogP contribution in [0.5, 0.6) is 0 Å². The van der Waals surface area contributed by atoms with Crippen LogP contribution in [0, 0.1) is 5.92 Å². The summed E-state index contributed by atoms with van der Waals surface area (Å²) >= 11 is 0. The van der Waals surface area contributed by atoms with E-state index in [1.807, 2.05) is 13.0 Å². The van der Waals surface area contributed by atoms with Crippen molar-refractivity contribution in [1.29, 1.82) is 0 Å². The number of hydrogen-bond donors (Lipinski definition) is 1. The minimum atomic E-state index is -0.480. The Hall–Kier alpha value is -0.300. The number of rotatable bonds is 1. The summed E-state index contributed by atoms with van der Waals surface area (Å²) in [6, 6.07) is 0. The molecule has 0 bridgehead atoms. The van der Waals surface area contributed by atoms with Crippen LogP contribution in [-0.2, 0) is 0 Å². The maximum atomic E-state index is 9.71. The molecule has 1 nitrogen and oxygen atoms in total. The van der Waals surface area contributed by atoms with Gasteiger partial charge in [0.1, 0.15) is 0 Å². The number of allylic oxidation sites excluding steroid dienone is 1. The van der Waals surface area contributed by atoms with Gasteiger partial charge < -0.3 is 5.11 Å². The quantitative estimate of drug-likeness (QED) is 0.553. The van der Waals surface area contributed by atoms with E-state index in [2.05, 4.69) is 13.0 Å². The first-order chi connectivity index (χ1) is 4.66. The van der Waals surface area contributed by atoms with Crippen molar-refractivity contribution in [2.45, 2.75) is 38.7 Å². The van der Waals surface area contributed by atoms with Gasteiger partial charge in [0.2, 0.25) is 0 Å². The van der Waals surface area contributed by atoms with Gasteiger partial charge in [0.25, 0.3) is 0 Å². The maximum Gasteiger partial charge on any atom is 0.0825 e. The van der Waals surface area contributed by atoms with Crippen molar-refractivity contribution < 1.29 is 5.11 Å². The summed E-state index contributed by atoms with van der Waals surface area (Å²) in [5.41, 5.74) is -0.480. The highest BCUT2D eigenvalue weighted by atomic mass is 16.3. The van der Waals surface area contributed by atoms with Crippen molar-refractivity contribution in [3.8, 4) is 0 Å². The fourth-order valence-corrected chi connectivity index (χ4v) is 1.30. The zero-order chi connectivity index (χ0) is 7.61. The zero-order valence-corrected chi connectivity index (χ0v) is 6.80. The van der Waals surface area contributed by atoms with E-state index in [1.54, 1.807) is 0 Å². The van der Waals surface area contributed by atoms with Gasteiger partial charge in [-0.1, -0.05) is 26.0 Å². The molecular formula is C9H16O. The molecule has 2 unspecified atom stereocenters. The molecule has 1 rings (SSSR count). The van der Waals surface area contributed by atoms with Crippen LogP contribution in [0.1, 0.15) is 33.1 Å². The molecule has 0 aliphatic heterocycles. The summed E-state index contributed by atoms with van der Waals surface area (Å²) in [5.74, 6) is 0.659. The first-order valence-electron chi connectivity index (χ1n) is 4.08. The first kappa shape index (κ1) is 7.80. The molecule has 0 aromatic rings. The molecule has 58 valence electrons. The van der Waals surface area contributed by atoms with Crippen LogP contribution in [-0.4, -0.2) is 10.7 Å². The summed E-state index contributed by atoms with van der Waals surface area (Å²) in [7, 11) is 0. The van der Waals surface area contributed by atoms with Gasteiger partial charge in [0.05, 0.1) is 5.60 Å². The lowest BCUT2D eigenvalue weighted by atomic mass is 9.84. The SMILES string of the molecule is CCC1(O)C=CC(C)CC1. The van der Waals surface area contributed by atoms with Crippen molar-refractivity contribution in [1.82, 2.24) is 0 Å². The highest BCUT2D eigenvalue weighted by Crippen LogP contribution is 2.27. The van der Waals surface area contributed by atoms with Gasteiger partial charge >= 0.3 is 0 Å². The average molecular weight is 140 g/mol. The summed E-state index contributed by atoms with van der Waals surface area (Å²) in [6.07, 6.45) is 6.98. The lowest BCUT2D eigenvalue weighted by Crippen LogP contribution is -2.28. The van der Waals surface area contributed by atoms with Crippen LogP contribution < -0.4 is 0 Å². The van der Waals surface area contributed by atoms with Gasteiger partial charge in [-0.2, -0.15) is 0 Å².